The van der Waals surface area contributed by atoms with Crippen molar-refractivity contribution in [2.75, 3.05) is 19.0 Å². The summed E-state index contributed by atoms with van der Waals surface area (Å²) >= 11 is 0. The smallest absolute Gasteiger partial charge is 0.319 e. The molecule has 2 aromatic rings. The highest BCUT2D eigenvalue weighted by molar-refractivity contribution is 5.89. The summed E-state index contributed by atoms with van der Waals surface area (Å²) in [6.45, 7) is 1.05. The fourth-order valence-corrected chi connectivity index (χ4v) is 3.39. The Morgan fingerprint density at radius 2 is 1.84 bits per heavy atom. The van der Waals surface area contributed by atoms with Gasteiger partial charge in [-0.3, -0.25) is 0 Å². The number of nitrogens with one attached hydrogen (secondary N) is 2. The van der Waals surface area contributed by atoms with E-state index in [4.69, 9.17) is 4.74 Å². The number of aliphatic hydroxyl groups excluding tert-OH is 1. The van der Waals surface area contributed by atoms with Gasteiger partial charge in [-0.2, -0.15) is 0 Å². The molecule has 5 nitrogen and oxygen atoms in total. The molecule has 0 aromatic heterocycles. The lowest BCUT2D eigenvalue weighted by Crippen LogP contribution is -2.52. The van der Waals surface area contributed by atoms with Crippen molar-refractivity contribution in [2.24, 2.45) is 0 Å². The second kappa shape index (κ2) is 7.68. The van der Waals surface area contributed by atoms with Gasteiger partial charge in [0.1, 0.15) is 0 Å². The Labute approximate surface area is 148 Å². The largest absolute Gasteiger partial charge is 0.393 e. The van der Waals surface area contributed by atoms with Crippen LogP contribution in [0.15, 0.2) is 54.6 Å². The van der Waals surface area contributed by atoms with Crippen LogP contribution < -0.4 is 10.6 Å². The van der Waals surface area contributed by atoms with Gasteiger partial charge < -0.3 is 20.5 Å². The molecule has 3 N–H and O–H groups in total. The SMILES string of the molecule is COCc1ccc(NC(=O)NCC2(c3ccccc3)CC(O)C2)cc1. The summed E-state index contributed by atoms with van der Waals surface area (Å²) in [7, 11) is 1.65. The zero-order valence-corrected chi connectivity index (χ0v) is 14.4. The molecule has 0 unspecified atom stereocenters. The van der Waals surface area contributed by atoms with Gasteiger partial charge in [-0.25, -0.2) is 4.79 Å². The monoisotopic (exact) mass is 340 g/mol. The third-order valence-corrected chi connectivity index (χ3v) is 4.75. The number of methoxy groups -OCH3 is 1. The molecule has 25 heavy (non-hydrogen) atoms. The molecular weight excluding hydrogens is 316 g/mol. The minimum atomic E-state index is -0.293. The maximum Gasteiger partial charge on any atom is 0.319 e. The maximum absolute atomic E-state index is 12.2. The molecule has 0 radical (unpaired) electrons. The molecule has 5 heteroatoms. The predicted octanol–water partition coefficient (Wildman–Crippen LogP) is 3.05. The highest BCUT2D eigenvalue weighted by Gasteiger charge is 2.44. The van der Waals surface area contributed by atoms with Crippen molar-refractivity contribution >= 4 is 11.7 Å². The summed E-state index contributed by atoms with van der Waals surface area (Å²) < 4.78 is 5.07. The maximum atomic E-state index is 12.2. The van der Waals surface area contributed by atoms with Crippen molar-refractivity contribution in [2.45, 2.75) is 31.0 Å². The highest BCUT2D eigenvalue weighted by Crippen LogP contribution is 2.43. The average Bonchev–Trinajstić information content (AvgIpc) is 2.60. The Balaban J connectivity index is 1.57. The summed E-state index contributed by atoms with van der Waals surface area (Å²) in [4.78, 5) is 12.2. The Bertz CT molecular complexity index is 695. The number of anilines is 1. The number of carbonyl (C=O) groups excluding carboxylic acids is 1. The van der Waals surface area contributed by atoms with Crippen LogP contribution in [0.2, 0.25) is 0 Å². The van der Waals surface area contributed by atoms with Gasteiger partial charge in [0.15, 0.2) is 0 Å². The molecule has 0 heterocycles. The lowest BCUT2D eigenvalue weighted by molar-refractivity contribution is 0.0193. The fourth-order valence-electron chi connectivity index (χ4n) is 3.39. The number of benzene rings is 2. The fraction of sp³-hybridized carbons (Fsp3) is 0.350. The summed E-state index contributed by atoms with van der Waals surface area (Å²) in [6, 6.07) is 17.4. The van der Waals surface area contributed by atoms with Crippen molar-refractivity contribution in [3.63, 3.8) is 0 Å². The normalized spacial score (nSPS) is 22.1. The third kappa shape index (κ3) is 4.18. The van der Waals surface area contributed by atoms with E-state index in [0.717, 1.165) is 16.8 Å². The van der Waals surface area contributed by atoms with Crippen molar-refractivity contribution in [1.29, 1.82) is 0 Å². The van der Waals surface area contributed by atoms with Crippen LogP contribution in [0.25, 0.3) is 0 Å². The molecule has 0 spiro atoms. The van der Waals surface area contributed by atoms with E-state index in [1.807, 2.05) is 42.5 Å². The second-order valence-electron chi connectivity index (χ2n) is 6.65. The van der Waals surface area contributed by atoms with E-state index < -0.39 is 0 Å². The first-order valence-electron chi connectivity index (χ1n) is 8.48. The number of hydrogen-bond acceptors (Lipinski definition) is 3. The van der Waals surface area contributed by atoms with Crippen LogP contribution in [-0.2, 0) is 16.8 Å². The van der Waals surface area contributed by atoms with Crippen LogP contribution in [0.4, 0.5) is 10.5 Å². The van der Waals surface area contributed by atoms with Gasteiger partial charge in [0, 0.05) is 24.8 Å². The van der Waals surface area contributed by atoms with Crippen molar-refractivity contribution in [3.8, 4) is 0 Å². The van der Waals surface area contributed by atoms with Crippen molar-refractivity contribution in [1.82, 2.24) is 5.32 Å². The molecule has 132 valence electrons. The predicted molar refractivity (Wildman–Crippen MR) is 97.5 cm³/mol. The second-order valence-corrected chi connectivity index (χ2v) is 6.65. The van der Waals surface area contributed by atoms with Crippen LogP contribution >= 0.6 is 0 Å². The van der Waals surface area contributed by atoms with Crippen LogP contribution in [0.5, 0.6) is 0 Å². The van der Waals surface area contributed by atoms with E-state index in [1.165, 1.54) is 0 Å². The molecular formula is C20H24N2O3. The molecule has 0 aliphatic heterocycles. The molecule has 1 aliphatic carbocycles. The molecule has 2 amide bonds. The molecule has 1 saturated carbocycles. The number of hydrogen-bond donors (Lipinski definition) is 3. The summed E-state index contributed by atoms with van der Waals surface area (Å²) in [5.41, 5.74) is 2.77. The van der Waals surface area contributed by atoms with Crippen LogP contribution in [-0.4, -0.2) is 30.9 Å². The minimum absolute atomic E-state index is 0.180. The number of ether oxygens (including phenoxy) is 1. The minimum Gasteiger partial charge on any atom is -0.393 e. The van der Waals surface area contributed by atoms with Crippen molar-refractivity contribution < 1.29 is 14.6 Å². The molecule has 1 aliphatic rings. The standard InChI is InChI=1S/C20H24N2O3/c1-25-13-15-7-9-17(10-8-15)22-19(24)21-14-20(11-18(23)12-20)16-5-3-2-4-6-16/h2-10,18,23H,11-14H2,1H3,(H2,21,22,24). The van der Waals surface area contributed by atoms with E-state index in [1.54, 1.807) is 7.11 Å². The first-order chi connectivity index (χ1) is 12.1. The molecule has 3 rings (SSSR count). The molecule has 0 bridgehead atoms. The Morgan fingerprint density at radius 3 is 2.44 bits per heavy atom. The molecule has 1 fully saturated rings. The first-order valence-corrected chi connectivity index (χ1v) is 8.48. The molecule has 0 saturated heterocycles. The number of urea groups is 1. The van der Waals surface area contributed by atoms with Crippen molar-refractivity contribution in [3.05, 3.63) is 65.7 Å². The molecule has 2 aromatic carbocycles. The van der Waals surface area contributed by atoms with Gasteiger partial charge in [-0.05, 0) is 36.1 Å². The first kappa shape index (κ1) is 17.5. The number of carbonyl (C=O) groups is 1. The zero-order chi connectivity index (χ0) is 17.7. The van der Waals surface area contributed by atoms with Gasteiger partial charge >= 0.3 is 6.03 Å². The Kier molecular flexibility index (Phi) is 5.36. The lowest BCUT2D eigenvalue weighted by atomic mass is 9.62. The quantitative estimate of drug-likeness (QED) is 0.757. The zero-order valence-electron chi connectivity index (χ0n) is 14.4. The van der Waals surface area contributed by atoms with Gasteiger partial charge in [0.2, 0.25) is 0 Å². The van der Waals surface area contributed by atoms with Gasteiger partial charge in [0.25, 0.3) is 0 Å². The number of rotatable bonds is 6. The summed E-state index contributed by atoms with van der Waals surface area (Å²) in [5.74, 6) is 0. The van der Waals surface area contributed by atoms with Gasteiger partial charge in [0.05, 0.1) is 12.7 Å². The van der Waals surface area contributed by atoms with Crippen LogP contribution in [0, 0.1) is 0 Å². The van der Waals surface area contributed by atoms with E-state index in [-0.39, 0.29) is 17.6 Å². The number of aliphatic hydroxyl groups is 1. The summed E-state index contributed by atoms with van der Waals surface area (Å²) in [5, 5.41) is 15.6. The van der Waals surface area contributed by atoms with E-state index >= 15 is 0 Å². The average molecular weight is 340 g/mol. The van der Waals surface area contributed by atoms with Crippen LogP contribution in [0.1, 0.15) is 24.0 Å². The number of amides is 2. The highest BCUT2D eigenvalue weighted by atomic mass is 16.5. The summed E-state index contributed by atoms with van der Waals surface area (Å²) in [6.07, 6.45) is 1.05. The lowest BCUT2D eigenvalue weighted by Gasteiger charge is -2.46. The Morgan fingerprint density at radius 1 is 1.16 bits per heavy atom. The third-order valence-electron chi connectivity index (χ3n) is 4.75. The van der Waals surface area contributed by atoms with E-state index in [9.17, 15) is 9.90 Å². The Hall–Kier alpha value is -2.37. The van der Waals surface area contributed by atoms with E-state index in [0.29, 0.717) is 26.0 Å². The van der Waals surface area contributed by atoms with Gasteiger partial charge in [-0.1, -0.05) is 42.5 Å². The topological polar surface area (TPSA) is 70.6 Å². The van der Waals surface area contributed by atoms with Gasteiger partial charge in [-0.15, -0.1) is 0 Å². The van der Waals surface area contributed by atoms with Crippen LogP contribution in [0.3, 0.4) is 0 Å². The van der Waals surface area contributed by atoms with E-state index in [2.05, 4.69) is 22.8 Å². The molecule has 0 atom stereocenters.